The van der Waals surface area contributed by atoms with Gasteiger partial charge in [-0.3, -0.25) is 9.59 Å². The zero-order valence-corrected chi connectivity index (χ0v) is 9.31. The zero-order chi connectivity index (χ0) is 10.2. The van der Waals surface area contributed by atoms with Crippen molar-refractivity contribution in [3.05, 3.63) is 0 Å². The molecule has 0 saturated carbocycles. The van der Waals surface area contributed by atoms with Crippen LogP contribution < -0.4 is 0 Å². The maximum atomic E-state index is 11.4. The van der Waals surface area contributed by atoms with Gasteiger partial charge in [0.2, 0.25) is 0 Å². The van der Waals surface area contributed by atoms with E-state index in [0.717, 1.165) is 0 Å². The third kappa shape index (κ3) is 1.88. The van der Waals surface area contributed by atoms with E-state index in [9.17, 15) is 9.59 Å². The van der Waals surface area contributed by atoms with E-state index in [0.29, 0.717) is 6.42 Å². The van der Waals surface area contributed by atoms with Crippen molar-refractivity contribution in [2.24, 2.45) is 5.92 Å². The highest BCUT2D eigenvalue weighted by Gasteiger charge is 2.47. The molecule has 0 aromatic carbocycles. The molecule has 3 nitrogen and oxygen atoms in total. The van der Waals surface area contributed by atoms with Gasteiger partial charge in [-0.05, 0) is 25.2 Å². The largest absolute Gasteiger partial charge is 0.392 e. The predicted octanol–water partition coefficient (Wildman–Crippen LogP) is 1.16. The fraction of sp³-hybridized carbons (Fsp3) is 0.778. The van der Waals surface area contributed by atoms with Gasteiger partial charge in [-0.15, -0.1) is 0 Å². The molecule has 0 N–H and O–H groups in total. The first-order valence-electron chi connectivity index (χ1n) is 4.30. The normalized spacial score (nSPS) is 30.5. The minimum atomic E-state index is -1.04. The van der Waals surface area contributed by atoms with Crippen LogP contribution >= 0.6 is 10.0 Å². The molecule has 0 amide bonds. The number of hydrogen-bond acceptors (Lipinski definition) is 3. The Morgan fingerprint density at radius 3 is 2.08 bits per heavy atom. The van der Waals surface area contributed by atoms with Gasteiger partial charge < -0.3 is 4.74 Å². The SMILES string of the molecule is CCC1C(=O)OC(=O)C1S(C)(C)C. The van der Waals surface area contributed by atoms with Gasteiger partial charge >= 0.3 is 11.9 Å². The molecule has 0 bridgehead atoms. The Labute approximate surface area is 80.1 Å². The van der Waals surface area contributed by atoms with Crippen LogP contribution in [0.25, 0.3) is 0 Å². The van der Waals surface area contributed by atoms with Crippen LogP contribution in [-0.4, -0.2) is 36.0 Å². The first kappa shape index (κ1) is 10.6. The lowest BCUT2D eigenvalue weighted by atomic mass is 10.1. The van der Waals surface area contributed by atoms with Crippen molar-refractivity contribution in [2.45, 2.75) is 18.6 Å². The highest BCUT2D eigenvalue weighted by Crippen LogP contribution is 2.48. The Bertz CT molecular complexity index is 242. The summed E-state index contributed by atoms with van der Waals surface area (Å²) in [5.74, 6) is -0.859. The van der Waals surface area contributed by atoms with Crippen LogP contribution in [0.3, 0.4) is 0 Å². The van der Waals surface area contributed by atoms with Crippen LogP contribution in [0, 0.1) is 5.92 Å². The maximum absolute atomic E-state index is 11.4. The molecule has 0 aliphatic carbocycles. The molecule has 1 heterocycles. The number of carbonyl (C=O) groups is 2. The summed E-state index contributed by atoms with van der Waals surface area (Å²) in [6, 6.07) is 0. The molecule has 0 aromatic rings. The Kier molecular flexibility index (Phi) is 2.71. The van der Waals surface area contributed by atoms with Gasteiger partial charge in [0.1, 0.15) is 5.25 Å². The molecular weight excluding hydrogens is 188 g/mol. The van der Waals surface area contributed by atoms with Gasteiger partial charge in [-0.25, -0.2) is 10.0 Å². The van der Waals surface area contributed by atoms with Gasteiger partial charge in [0.25, 0.3) is 0 Å². The summed E-state index contributed by atoms with van der Waals surface area (Å²) in [4.78, 5) is 22.6. The monoisotopic (exact) mass is 204 g/mol. The van der Waals surface area contributed by atoms with Crippen molar-refractivity contribution < 1.29 is 14.3 Å². The molecule has 4 heteroatoms. The smallest absolute Gasteiger partial charge is 0.326 e. The average Bonchev–Trinajstić information content (AvgIpc) is 2.23. The number of cyclic esters (lactones) is 2. The number of ether oxygens (including phenoxy) is 1. The van der Waals surface area contributed by atoms with Crippen molar-refractivity contribution in [3.8, 4) is 0 Å². The average molecular weight is 204 g/mol. The van der Waals surface area contributed by atoms with Crippen LogP contribution in [0.4, 0.5) is 0 Å². The molecule has 2 atom stereocenters. The third-order valence-corrected chi connectivity index (χ3v) is 4.35. The number of esters is 2. The van der Waals surface area contributed by atoms with Gasteiger partial charge in [0.05, 0.1) is 5.92 Å². The molecule has 0 aromatic heterocycles. The minimum absolute atomic E-state index is 0.190. The van der Waals surface area contributed by atoms with E-state index >= 15 is 0 Å². The molecular formula is C9H16O3S. The van der Waals surface area contributed by atoms with E-state index in [4.69, 9.17) is 0 Å². The van der Waals surface area contributed by atoms with Crippen molar-refractivity contribution in [2.75, 3.05) is 18.8 Å². The summed E-state index contributed by atoms with van der Waals surface area (Å²) in [6.07, 6.45) is 6.82. The van der Waals surface area contributed by atoms with Gasteiger partial charge in [-0.1, -0.05) is 6.92 Å². The number of rotatable bonds is 2. The van der Waals surface area contributed by atoms with E-state index in [1.807, 2.05) is 25.7 Å². The third-order valence-electron chi connectivity index (χ3n) is 2.30. The Hall–Kier alpha value is -0.510. The molecule has 2 unspecified atom stereocenters. The van der Waals surface area contributed by atoms with Gasteiger partial charge in [0, 0.05) is 0 Å². The molecule has 0 radical (unpaired) electrons. The maximum Gasteiger partial charge on any atom is 0.326 e. The molecule has 1 aliphatic rings. The van der Waals surface area contributed by atoms with Crippen molar-refractivity contribution in [3.63, 3.8) is 0 Å². The fourth-order valence-electron chi connectivity index (χ4n) is 1.68. The van der Waals surface area contributed by atoms with Crippen molar-refractivity contribution >= 4 is 22.0 Å². The zero-order valence-electron chi connectivity index (χ0n) is 8.49. The molecule has 1 fully saturated rings. The standard InChI is InChI=1S/C9H16O3S/c1-5-6-7(13(2,3)4)9(11)12-8(6)10/h6-7H,5H2,1-4H3. The molecule has 1 aliphatic heterocycles. The highest BCUT2D eigenvalue weighted by molar-refractivity contribution is 8.33. The van der Waals surface area contributed by atoms with Crippen LogP contribution in [0.15, 0.2) is 0 Å². The van der Waals surface area contributed by atoms with Crippen molar-refractivity contribution in [1.29, 1.82) is 0 Å². The summed E-state index contributed by atoms with van der Waals surface area (Å²) < 4.78 is 4.65. The Morgan fingerprint density at radius 2 is 1.77 bits per heavy atom. The first-order valence-corrected chi connectivity index (χ1v) is 7.22. The van der Waals surface area contributed by atoms with Gasteiger partial charge in [-0.2, -0.15) is 0 Å². The number of hydrogen-bond donors (Lipinski definition) is 0. The summed E-state index contributed by atoms with van der Waals surface area (Å²) in [6.45, 7) is 1.92. The second-order valence-corrected chi connectivity index (χ2v) is 8.48. The second-order valence-electron chi connectivity index (χ2n) is 4.11. The topological polar surface area (TPSA) is 43.4 Å². The molecule has 76 valence electrons. The van der Waals surface area contributed by atoms with Crippen molar-refractivity contribution in [1.82, 2.24) is 0 Å². The molecule has 13 heavy (non-hydrogen) atoms. The summed E-state index contributed by atoms with van der Waals surface area (Å²) >= 11 is 0. The van der Waals surface area contributed by atoms with E-state index in [1.54, 1.807) is 0 Å². The summed E-state index contributed by atoms with van der Waals surface area (Å²) in [5, 5.41) is -0.190. The molecule has 1 saturated heterocycles. The van der Waals surface area contributed by atoms with E-state index in [1.165, 1.54) is 0 Å². The van der Waals surface area contributed by atoms with Crippen LogP contribution in [0.1, 0.15) is 13.3 Å². The highest BCUT2D eigenvalue weighted by atomic mass is 32.3. The second kappa shape index (κ2) is 3.33. The van der Waals surface area contributed by atoms with Crippen LogP contribution in [-0.2, 0) is 14.3 Å². The fourth-order valence-corrected chi connectivity index (χ4v) is 3.60. The van der Waals surface area contributed by atoms with Crippen LogP contribution in [0.5, 0.6) is 0 Å². The lowest BCUT2D eigenvalue weighted by Crippen LogP contribution is -2.28. The van der Waals surface area contributed by atoms with E-state index < -0.39 is 10.0 Å². The molecule has 0 spiro atoms. The van der Waals surface area contributed by atoms with E-state index in [-0.39, 0.29) is 23.1 Å². The number of carbonyl (C=O) groups excluding carboxylic acids is 2. The quantitative estimate of drug-likeness (QED) is 0.501. The van der Waals surface area contributed by atoms with Crippen LogP contribution in [0.2, 0.25) is 0 Å². The first-order chi connectivity index (χ1) is 5.88. The lowest BCUT2D eigenvalue weighted by Gasteiger charge is -2.32. The molecule has 1 rings (SSSR count). The Balaban J connectivity index is 2.94. The Morgan fingerprint density at radius 1 is 1.23 bits per heavy atom. The van der Waals surface area contributed by atoms with Gasteiger partial charge in [0.15, 0.2) is 0 Å². The van der Waals surface area contributed by atoms with E-state index in [2.05, 4.69) is 4.74 Å². The minimum Gasteiger partial charge on any atom is -0.392 e. The summed E-state index contributed by atoms with van der Waals surface area (Å²) in [7, 11) is -1.04. The predicted molar refractivity (Wildman–Crippen MR) is 54.0 cm³/mol. The summed E-state index contributed by atoms with van der Waals surface area (Å²) in [5.41, 5.74) is 0. The lowest BCUT2D eigenvalue weighted by molar-refractivity contribution is -0.153.